The van der Waals surface area contributed by atoms with Crippen LogP contribution in [-0.4, -0.2) is 32.4 Å². The van der Waals surface area contributed by atoms with E-state index in [9.17, 15) is 8.42 Å². The van der Waals surface area contributed by atoms with Crippen LogP contribution in [0.4, 0.5) is 0 Å². The van der Waals surface area contributed by atoms with Crippen LogP contribution >= 0.6 is 12.4 Å². The molecule has 1 heterocycles. The van der Waals surface area contributed by atoms with Crippen molar-refractivity contribution in [1.82, 2.24) is 4.31 Å². The summed E-state index contributed by atoms with van der Waals surface area (Å²) < 4.78 is 26.2. The average molecular weight is 305 g/mol. The number of rotatable bonds is 4. The molecule has 19 heavy (non-hydrogen) atoms. The van der Waals surface area contributed by atoms with E-state index >= 15 is 0 Å². The van der Waals surface area contributed by atoms with Gasteiger partial charge in [-0.3, -0.25) is 0 Å². The maximum absolute atomic E-state index is 12.3. The van der Waals surface area contributed by atoms with Gasteiger partial charge in [0.05, 0.1) is 5.75 Å². The molecule has 2 N–H and O–H groups in total. The Kier molecular flexibility index (Phi) is 6.26. The highest BCUT2D eigenvalue weighted by atomic mass is 35.5. The first kappa shape index (κ1) is 16.4. The molecule has 0 bridgehead atoms. The Morgan fingerprint density at radius 2 is 1.95 bits per heavy atom. The van der Waals surface area contributed by atoms with Gasteiger partial charge in [-0.2, -0.15) is 0 Å². The summed E-state index contributed by atoms with van der Waals surface area (Å²) in [6, 6.07) is 9.32. The van der Waals surface area contributed by atoms with Crippen molar-refractivity contribution in [2.75, 3.05) is 19.6 Å². The second kappa shape index (κ2) is 7.24. The topological polar surface area (TPSA) is 63.4 Å². The minimum absolute atomic E-state index is 0. The fourth-order valence-electron chi connectivity index (χ4n) is 2.35. The molecule has 0 spiro atoms. The number of hydrogen-bond donors (Lipinski definition) is 1. The quantitative estimate of drug-likeness (QED) is 0.919. The Bertz CT molecular complexity index is 479. The van der Waals surface area contributed by atoms with Crippen LogP contribution in [0.5, 0.6) is 0 Å². The number of piperidine rings is 1. The van der Waals surface area contributed by atoms with Gasteiger partial charge in [0, 0.05) is 13.1 Å². The molecule has 1 aromatic carbocycles. The van der Waals surface area contributed by atoms with Crippen LogP contribution in [-0.2, 0) is 15.8 Å². The van der Waals surface area contributed by atoms with Crippen LogP contribution in [0.25, 0.3) is 0 Å². The van der Waals surface area contributed by atoms with E-state index < -0.39 is 10.0 Å². The standard InChI is InChI=1S/C13H20N2O2S.ClH/c14-9-13-7-4-8-15(10-13)18(16,17)11-12-5-2-1-3-6-12;/h1-3,5-6,13H,4,7-11,14H2;1H. The maximum atomic E-state index is 12.3. The highest BCUT2D eigenvalue weighted by Crippen LogP contribution is 2.20. The summed E-state index contributed by atoms with van der Waals surface area (Å²) in [5, 5.41) is 0. The number of sulfonamides is 1. The lowest BCUT2D eigenvalue weighted by atomic mass is 10.0. The van der Waals surface area contributed by atoms with Gasteiger partial charge in [-0.1, -0.05) is 30.3 Å². The molecule has 0 aromatic heterocycles. The Labute approximate surface area is 121 Å². The lowest BCUT2D eigenvalue weighted by Crippen LogP contribution is -2.42. The van der Waals surface area contributed by atoms with E-state index in [1.54, 1.807) is 4.31 Å². The van der Waals surface area contributed by atoms with E-state index in [0.717, 1.165) is 18.4 Å². The van der Waals surface area contributed by atoms with Crippen molar-refractivity contribution in [3.05, 3.63) is 35.9 Å². The molecule has 0 aliphatic carbocycles. The zero-order valence-electron chi connectivity index (χ0n) is 10.9. The predicted octanol–water partition coefficient (Wildman–Crippen LogP) is 1.61. The third-order valence-electron chi connectivity index (χ3n) is 3.40. The van der Waals surface area contributed by atoms with Crippen LogP contribution in [0.3, 0.4) is 0 Å². The molecule has 1 unspecified atom stereocenters. The number of benzene rings is 1. The van der Waals surface area contributed by atoms with E-state index in [4.69, 9.17) is 5.73 Å². The van der Waals surface area contributed by atoms with Crippen molar-refractivity contribution in [3.63, 3.8) is 0 Å². The van der Waals surface area contributed by atoms with Crippen molar-refractivity contribution >= 4 is 22.4 Å². The molecular weight excluding hydrogens is 284 g/mol. The minimum atomic E-state index is -3.20. The number of nitrogens with zero attached hydrogens (tertiary/aromatic N) is 1. The van der Waals surface area contributed by atoms with Crippen LogP contribution in [0.2, 0.25) is 0 Å². The van der Waals surface area contributed by atoms with Crippen molar-refractivity contribution in [2.24, 2.45) is 11.7 Å². The summed E-state index contributed by atoms with van der Waals surface area (Å²) >= 11 is 0. The van der Waals surface area contributed by atoms with E-state index in [0.29, 0.717) is 25.6 Å². The first-order chi connectivity index (χ1) is 8.62. The average Bonchev–Trinajstić information content (AvgIpc) is 2.39. The van der Waals surface area contributed by atoms with Gasteiger partial charge in [-0.15, -0.1) is 12.4 Å². The molecule has 1 aromatic rings. The molecule has 1 fully saturated rings. The molecule has 0 saturated carbocycles. The third-order valence-corrected chi connectivity index (χ3v) is 5.22. The highest BCUT2D eigenvalue weighted by Gasteiger charge is 2.28. The van der Waals surface area contributed by atoms with Crippen molar-refractivity contribution in [3.8, 4) is 0 Å². The Hall–Kier alpha value is -0.620. The van der Waals surface area contributed by atoms with Crippen molar-refractivity contribution < 1.29 is 8.42 Å². The van der Waals surface area contributed by atoms with E-state index in [1.165, 1.54) is 0 Å². The zero-order chi connectivity index (χ0) is 13.0. The van der Waals surface area contributed by atoms with Gasteiger partial charge in [0.2, 0.25) is 10.0 Å². The fourth-order valence-corrected chi connectivity index (χ4v) is 3.99. The van der Waals surface area contributed by atoms with E-state index in [1.807, 2.05) is 30.3 Å². The Morgan fingerprint density at radius 3 is 2.58 bits per heavy atom. The molecule has 6 heteroatoms. The summed E-state index contributed by atoms with van der Waals surface area (Å²) in [4.78, 5) is 0. The predicted molar refractivity (Wildman–Crippen MR) is 79.7 cm³/mol. The molecule has 108 valence electrons. The zero-order valence-corrected chi connectivity index (χ0v) is 12.5. The molecule has 2 rings (SSSR count). The van der Waals surface area contributed by atoms with Gasteiger partial charge in [-0.25, -0.2) is 12.7 Å². The number of halogens is 1. The fraction of sp³-hybridized carbons (Fsp3) is 0.538. The Morgan fingerprint density at radius 1 is 1.26 bits per heavy atom. The molecule has 1 aliphatic heterocycles. The largest absolute Gasteiger partial charge is 0.330 e. The first-order valence-corrected chi connectivity index (χ1v) is 7.94. The summed E-state index contributed by atoms with van der Waals surface area (Å²) in [5.74, 6) is 0.398. The van der Waals surface area contributed by atoms with Gasteiger partial charge in [0.25, 0.3) is 0 Å². The van der Waals surface area contributed by atoms with Gasteiger partial charge in [-0.05, 0) is 30.9 Å². The lowest BCUT2D eigenvalue weighted by molar-refractivity contribution is 0.271. The molecule has 1 atom stereocenters. The smallest absolute Gasteiger partial charge is 0.218 e. The second-order valence-electron chi connectivity index (χ2n) is 4.84. The van der Waals surface area contributed by atoms with Gasteiger partial charge in [0.15, 0.2) is 0 Å². The van der Waals surface area contributed by atoms with Crippen LogP contribution in [0, 0.1) is 5.92 Å². The third kappa shape index (κ3) is 4.45. The van der Waals surface area contributed by atoms with Crippen LogP contribution < -0.4 is 5.73 Å². The molecular formula is C13H21ClN2O2S. The van der Waals surface area contributed by atoms with E-state index in [2.05, 4.69) is 0 Å². The second-order valence-corrected chi connectivity index (χ2v) is 6.81. The molecule has 4 nitrogen and oxygen atoms in total. The van der Waals surface area contributed by atoms with Crippen molar-refractivity contribution in [1.29, 1.82) is 0 Å². The Balaban J connectivity index is 0.00000180. The number of hydrogen-bond acceptors (Lipinski definition) is 3. The van der Waals surface area contributed by atoms with Gasteiger partial charge in [0.1, 0.15) is 0 Å². The summed E-state index contributed by atoms with van der Waals surface area (Å²) in [6.45, 7) is 1.77. The minimum Gasteiger partial charge on any atom is -0.330 e. The monoisotopic (exact) mass is 304 g/mol. The lowest BCUT2D eigenvalue weighted by Gasteiger charge is -2.31. The summed E-state index contributed by atoms with van der Waals surface area (Å²) in [6.07, 6.45) is 1.95. The molecule has 0 amide bonds. The van der Waals surface area contributed by atoms with Crippen LogP contribution in [0.15, 0.2) is 30.3 Å². The summed E-state index contributed by atoms with van der Waals surface area (Å²) in [5.41, 5.74) is 6.48. The first-order valence-electron chi connectivity index (χ1n) is 6.33. The van der Waals surface area contributed by atoms with Gasteiger partial charge < -0.3 is 5.73 Å². The summed E-state index contributed by atoms with van der Waals surface area (Å²) in [7, 11) is -3.20. The number of nitrogens with two attached hydrogens (primary N) is 1. The normalized spacial score (nSPS) is 20.8. The van der Waals surface area contributed by atoms with Crippen molar-refractivity contribution in [2.45, 2.75) is 18.6 Å². The molecule has 1 saturated heterocycles. The molecule has 1 aliphatic rings. The van der Waals surface area contributed by atoms with E-state index in [-0.39, 0.29) is 18.2 Å². The van der Waals surface area contributed by atoms with Gasteiger partial charge >= 0.3 is 0 Å². The SMILES string of the molecule is Cl.NCC1CCCN(S(=O)(=O)Cc2ccccc2)C1. The maximum Gasteiger partial charge on any atom is 0.218 e. The van der Waals surface area contributed by atoms with Crippen LogP contribution in [0.1, 0.15) is 18.4 Å². The highest BCUT2D eigenvalue weighted by molar-refractivity contribution is 7.88. The molecule has 0 radical (unpaired) electrons.